The van der Waals surface area contributed by atoms with Crippen molar-refractivity contribution >= 4 is 11.9 Å². The van der Waals surface area contributed by atoms with Gasteiger partial charge in [0, 0.05) is 18.3 Å². The van der Waals surface area contributed by atoms with Crippen molar-refractivity contribution in [3.63, 3.8) is 0 Å². The molecule has 0 spiro atoms. The number of esters is 2. The van der Waals surface area contributed by atoms with Crippen LogP contribution < -0.4 is 23.7 Å². The molecule has 0 amide bonds. The standard InChI is InChI=1S/C39H54O8/c1-4-5-6-7-8-9-10-11-12-13-14-15-16-17-18-19-35(40)47-38-33(42-2)22-28(23-34(38)43-3)36-30-24-32-31(45-26-46-32)21-27(30)20-29-25-44-39(41)37(29)36/h21-24,29,36-37H,4-20,25-26H2,1-3H3/t29-,36+,37-/m0/s1. The third-order valence-corrected chi connectivity index (χ3v) is 10.1. The molecule has 47 heavy (non-hydrogen) atoms. The smallest absolute Gasteiger partial charge is 0.311 e. The van der Waals surface area contributed by atoms with Gasteiger partial charge in [-0.05, 0) is 53.8 Å². The van der Waals surface area contributed by atoms with Crippen molar-refractivity contribution in [2.24, 2.45) is 11.8 Å². The number of rotatable bonds is 20. The number of carbonyl (C=O) groups is 2. The summed E-state index contributed by atoms with van der Waals surface area (Å²) in [6.07, 6.45) is 20.2. The van der Waals surface area contributed by atoms with Crippen LogP contribution in [-0.4, -0.2) is 39.6 Å². The minimum Gasteiger partial charge on any atom is -0.493 e. The second kappa shape index (κ2) is 17.7. The molecule has 258 valence electrons. The van der Waals surface area contributed by atoms with Crippen molar-refractivity contribution in [3.05, 3.63) is 41.0 Å². The number of hydrogen-bond donors (Lipinski definition) is 0. The molecule has 1 aliphatic carbocycles. The first-order valence-corrected chi connectivity index (χ1v) is 18.1. The molecule has 3 atom stereocenters. The number of carbonyl (C=O) groups excluding carboxylic acids is 2. The first-order valence-electron chi connectivity index (χ1n) is 18.1. The van der Waals surface area contributed by atoms with Crippen LogP contribution in [0.5, 0.6) is 28.7 Å². The summed E-state index contributed by atoms with van der Waals surface area (Å²) in [4.78, 5) is 25.9. The predicted molar refractivity (Wildman–Crippen MR) is 181 cm³/mol. The van der Waals surface area contributed by atoms with Gasteiger partial charge < -0.3 is 28.4 Å². The summed E-state index contributed by atoms with van der Waals surface area (Å²) in [5.74, 6) is 1.30. The number of methoxy groups -OCH3 is 2. The van der Waals surface area contributed by atoms with Crippen LogP contribution in [0.4, 0.5) is 0 Å². The lowest BCUT2D eigenvalue weighted by atomic mass is 9.67. The number of cyclic esters (lactones) is 1. The molecular weight excluding hydrogens is 596 g/mol. The van der Waals surface area contributed by atoms with E-state index in [1.807, 2.05) is 24.3 Å². The zero-order valence-electron chi connectivity index (χ0n) is 28.7. The van der Waals surface area contributed by atoms with E-state index in [4.69, 9.17) is 28.4 Å². The fourth-order valence-electron chi connectivity index (χ4n) is 7.49. The molecular formula is C39H54O8. The third-order valence-electron chi connectivity index (χ3n) is 10.1. The second-order valence-corrected chi connectivity index (χ2v) is 13.4. The first-order chi connectivity index (χ1) is 23.0. The van der Waals surface area contributed by atoms with Gasteiger partial charge in [-0.15, -0.1) is 0 Å². The summed E-state index contributed by atoms with van der Waals surface area (Å²) in [7, 11) is 3.09. The van der Waals surface area contributed by atoms with E-state index in [9.17, 15) is 9.59 Å². The highest BCUT2D eigenvalue weighted by Crippen LogP contribution is 2.52. The monoisotopic (exact) mass is 650 g/mol. The Bertz CT molecular complexity index is 1310. The highest BCUT2D eigenvalue weighted by molar-refractivity contribution is 5.79. The largest absolute Gasteiger partial charge is 0.493 e. The van der Waals surface area contributed by atoms with E-state index >= 15 is 0 Å². The zero-order chi connectivity index (χ0) is 33.0. The normalized spacial score (nSPS) is 19.2. The van der Waals surface area contributed by atoms with Gasteiger partial charge in [-0.25, -0.2) is 0 Å². The Morgan fingerprint density at radius 3 is 1.87 bits per heavy atom. The quantitative estimate of drug-likeness (QED) is 0.0797. The molecule has 5 rings (SSSR count). The van der Waals surface area contributed by atoms with Crippen LogP contribution in [0.15, 0.2) is 24.3 Å². The Kier molecular flexibility index (Phi) is 13.1. The molecule has 0 N–H and O–H groups in total. The summed E-state index contributed by atoms with van der Waals surface area (Å²) >= 11 is 0. The molecule has 2 aromatic carbocycles. The van der Waals surface area contributed by atoms with E-state index in [0.717, 1.165) is 48.1 Å². The molecule has 2 aliphatic heterocycles. The Labute approximate surface area is 280 Å². The van der Waals surface area contributed by atoms with Gasteiger partial charge in [0.05, 0.1) is 26.7 Å². The third kappa shape index (κ3) is 8.94. The van der Waals surface area contributed by atoms with Crippen molar-refractivity contribution in [1.29, 1.82) is 0 Å². The summed E-state index contributed by atoms with van der Waals surface area (Å²) in [5.41, 5.74) is 2.93. The van der Waals surface area contributed by atoms with Crippen LogP contribution >= 0.6 is 0 Å². The number of benzene rings is 2. The Morgan fingerprint density at radius 1 is 0.745 bits per heavy atom. The fourth-order valence-corrected chi connectivity index (χ4v) is 7.49. The van der Waals surface area contributed by atoms with Gasteiger partial charge >= 0.3 is 11.9 Å². The summed E-state index contributed by atoms with van der Waals surface area (Å²) in [6, 6.07) is 7.71. The zero-order valence-corrected chi connectivity index (χ0v) is 28.7. The maximum Gasteiger partial charge on any atom is 0.311 e. The number of hydrogen-bond acceptors (Lipinski definition) is 8. The van der Waals surface area contributed by atoms with E-state index in [-0.39, 0.29) is 42.2 Å². The van der Waals surface area contributed by atoms with Gasteiger partial charge in [0.1, 0.15) is 0 Å². The minimum atomic E-state index is -0.351. The van der Waals surface area contributed by atoms with Gasteiger partial charge in [0.2, 0.25) is 12.5 Å². The molecule has 8 heteroatoms. The van der Waals surface area contributed by atoms with Crippen molar-refractivity contribution in [2.75, 3.05) is 27.6 Å². The molecule has 1 saturated heterocycles. The van der Waals surface area contributed by atoms with Crippen LogP contribution in [0.2, 0.25) is 0 Å². The minimum absolute atomic E-state index is 0.0461. The molecule has 8 nitrogen and oxygen atoms in total. The maximum absolute atomic E-state index is 13.0. The molecule has 0 radical (unpaired) electrons. The Morgan fingerprint density at radius 2 is 1.30 bits per heavy atom. The van der Waals surface area contributed by atoms with Crippen LogP contribution in [0.1, 0.15) is 132 Å². The number of ether oxygens (including phenoxy) is 6. The lowest BCUT2D eigenvalue weighted by molar-refractivity contribution is -0.141. The van der Waals surface area contributed by atoms with Gasteiger partial charge in [-0.1, -0.05) is 96.8 Å². The fraction of sp³-hybridized carbons (Fsp3) is 0.641. The average Bonchev–Trinajstić information content (AvgIpc) is 3.70. The Hall–Kier alpha value is -3.42. The maximum atomic E-state index is 13.0. The molecule has 0 unspecified atom stereocenters. The molecule has 3 aliphatic rings. The lowest BCUT2D eigenvalue weighted by Crippen LogP contribution is -2.31. The highest BCUT2D eigenvalue weighted by Gasteiger charge is 2.48. The van der Waals surface area contributed by atoms with Crippen LogP contribution in [0.3, 0.4) is 0 Å². The van der Waals surface area contributed by atoms with Crippen LogP contribution in [0, 0.1) is 11.8 Å². The average molecular weight is 651 g/mol. The van der Waals surface area contributed by atoms with Crippen molar-refractivity contribution in [2.45, 2.75) is 122 Å². The molecule has 2 aromatic rings. The van der Waals surface area contributed by atoms with Crippen molar-refractivity contribution in [3.8, 4) is 28.7 Å². The molecule has 2 heterocycles. The molecule has 0 aromatic heterocycles. The highest BCUT2D eigenvalue weighted by atomic mass is 16.7. The van der Waals surface area contributed by atoms with E-state index in [2.05, 4.69) is 6.92 Å². The Balaban J connectivity index is 1.12. The number of fused-ring (bicyclic) bond motifs is 3. The van der Waals surface area contributed by atoms with Gasteiger partial charge in [0.25, 0.3) is 0 Å². The van der Waals surface area contributed by atoms with Crippen molar-refractivity contribution < 1.29 is 38.0 Å². The molecule has 0 saturated carbocycles. The molecule has 0 bridgehead atoms. The van der Waals surface area contributed by atoms with Gasteiger partial charge in [0.15, 0.2) is 23.0 Å². The van der Waals surface area contributed by atoms with E-state index in [1.165, 1.54) is 77.0 Å². The van der Waals surface area contributed by atoms with Gasteiger partial charge in [-0.2, -0.15) is 0 Å². The lowest BCUT2D eigenvalue weighted by Gasteiger charge is -2.34. The van der Waals surface area contributed by atoms with E-state index in [0.29, 0.717) is 30.3 Å². The molecule has 1 fully saturated rings. The summed E-state index contributed by atoms with van der Waals surface area (Å²) < 4.78 is 34.2. The van der Waals surface area contributed by atoms with Crippen LogP contribution in [0.25, 0.3) is 0 Å². The topological polar surface area (TPSA) is 89.5 Å². The first kappa shape index (κ1) is 34.9. The van der Waals surface area contributed by atoms with Crippen LogP contribution in [-0.2, 0) is 20.7 Å². The van der Waals surface area contributed by atoms with Gasteiger partial charge in [-0.3, -0.25) is 9.59 Å². The number of unbranched alkanes of at least 4 members (excludes halogenated alkanes) is 14. The van der Waals surface area contributed by atoms with E-state index < -0.39 is 0 Å². The SMILES string of the molecule is CCCCCCCCCCCCCCCCCC(=O)Oc1c(OC)cc([C@@H]2c3cc4c(cc3C[C@H]3COC(=O)[C@@H]32)OCO4)cc1OC. The predicted octanol–water partition coefficient (Wildman–Crippen LogP) is 9.08. The summed E-state index contributed by atoms with van der Waals surface area (Å²) in [5, 5.41) is 0. The second-order valence-electron chi connectivity index (χ2n) is 13.4. The van der Waals surface area contributed by atoms with Crippen molar-refractivity contribution in [1.82, 2.24) is 0 Å². The van der Waals surface area contributed by atoms with E-state index in [1.54, 1.807) is 14.2 Å². The summed E-state index contributed by atoms with van der Waals surface area (Å²) in [6.45, 7) is 2.83.